The normalized spacial score (nSPS) is 22.2. The number of piperidine rings is 3. The Kier molecular flexibility index (Phi) is 8.82. The van der Waals surface area contributed by atoms with Gasteiger partial charge in [-0.15, -0.1) is 0 Å². The second-order valence-corrected chi connectivity index (χ2v) is 9.71. The summed E-state index contributed by atoms with van der Waals surface area (Å²) < 4.78 is 46.2. The van der Waals surface area contributed by atoms with Gasteiger partial charge in [0, 0.05) is 29.9 Å². The lowest BCUT2D eigenvalue weighted by Crippen LogP contribution is -3.00. The van der Waals surface area contributed by atoms with E-state index in [2.05, 4.69) is 0 Å². The molecule has 3 aromatic carbocycles. The van der Waals surface area contributed by atoms with Gasteiger partial charge in [-0.05, 0) is 36.4 Å². The van der Waals surface area contributed by atoms with Gasteiger partial charge < -0.3 is 35.7 Å². The lowest BCUT2D eigenvalue weighted by molar-refractivity contribution is -0.946. The minimum absolute atomic E-state index is 0. The van der Waals surface area contributed by atoms with Crippen LogP contribution in [0.2, 0.25) is 0 Å². The van der Waals surface area contributed by atoms with Gasteiger partial charge in [0.15, 0.2) is 12.2 Å². The van der Waals surface area contributed by atoms with Gasteiger partial charge in [-0.3, -0.25) is 0 Å². The van der Waals surface area contributed by atoms with E-state index in [0.29, 0.717) is 24.3 Å². The van der Waals surface area contributed by atoms with Crippen LogP contribution >= 0.6 is 0 Å². The first kappa shape index (κ1) is 27.1. The van der Waals surface area contributed by atoms with E-state index in [4.69, 9.17) is 14.2 Å². The number of nitrogens with zero attached hydrogens (tertiary/aromatic N) is 1. The molecule has 2 bridgehead atoms. The summed E-state index contributed by atoms with van der Waals surface area (Å²) >= 11 is 0. The summed E-state index contributed by atoms with van der Waals surface area (Å²) in [6.07, 6.45) is -0.128. The van der Waals surface area contributed by atoms with Gasteiger partial charge in [0.25, 0.3) is 0 Å². The van der Waals surface area contributed by atoms with Crippen LogP contribution in [-0.4, -0.2) is 49.5 Å². The summed E-state index contributed by atoms with van der Waals surface area (Å²) in [7, 11) is 0. The van der Waals surface area contributed by atoms with Crippen LogP contribution in [-0.2, 0) is 9.47 Å². The van der Waals surface area contributed by atoms with Crippen LogP contribution in [0.15, 0.2) is 78.9 Å². The van der Waals surface area contributed by atoms with Crippen LogP contribution < -0.4 is 21.7 Å². The first-order chi connectivity index (χ1) is 17.5. The quantitative estimate of drug-likeness (QED) is 0.307. The Morgan fingerprint density at radius 1 is 0.892 bits per heavy atom. The van der Waals surface area contributed by atoms with E-state index in [-0.39, 0.29) is 29.0 Å². The Labute approximate surface area is 226 Å². The van der Waals surface area contributed by atoms with Crippen molar-refractivity contribution in [1.82, 2.24) is 0 Å². The van der Waals surface area contributed by atoms with E-state index in [0.717, 1.165) is 42.7 Å². The fourth-order valence-electron chi connectivity index (χ4n) is 5.46. The largest absolute Gasteiger partial charge is 1.00 e. The number of carbonyl (C=O) groups excluding carboxylic acids is 1. The highest BCUT2D eigenvalue weighted by molar-refractivity contribution is 5.61. The molecule has 0 aliphatic carbocycles. The molecule has 0 amide bonds. The number of hydrogen-bond donors (Lipinski definition) is 0. The topological polar surface area (TPSA) is 44.8 Å². The van der Waals surface area contributed by atoms with Crippen molar-refractivity contribution in [3.05, 3.63) is 102 Å². The van der Waals surface area contributed by atoms with E-state index in [1.54, 1.807) is 12.1 Å². The Hall–Kier alpha value is -2.97. The fourth-order valence-corrected chi connectivity index (χ4v) is 5.46. The van der Waals surface area contributed by atoms with Gasteiger partial charge in [-0.25, -0.2) is 13.6 Å². The molecule has 0 unspecified atom stereocenters. The monoisotopic (exact) mass is 573 g/mol. The van der Waals surface area contributed by atoms with Crippen LogP contribution in [0, 0.1) is 17.6 Å². The first-order valence-corrected chi connectivity index (χ1v) is 12.4. The average molecular weight is 574 g/mol. The number of fused-ring (bicyclic) bond motifs is 3. The molecular formula is C29H30BrF2NO4. The van der Waals surface area contributed by atoms with Crippen LogP contribution in [0.25, 0.3) is 0 Å². The zero-order valence-electron chi connectivity index (χ0n) is 20.4. The molecule has 0 N–H and O–H groups in total. The van der Waals surface area contributed by atoms with Gasteiger partial charge in [-0.2, -0.15) is 0 Å². The third-order valence-electron chi connectivity index (χ3n) is 7.38. The van der Waals surface area contributed by atoms with Gasteiger partial charge in [0.2, 0.25) is 0 Å². The number of benzene rings is 3. The van der Waals surface area contributed by atoms with Crippen molar-refractivity contribution in [3.8, 4) is 5.75 Å². The third kappa shape index (κ3) is 6.67. The standard InChI is InChI=1S/C29H30F2NO4.BrH/c30-24-8-4-6-22(18-24)28(23-7-5-9-25(31)19-23)36-29(33)35-27-20-32(14-12-21(27)13-15-32)16-17-34-26-10-2-1-3-11-26;/h1-11,18-19,21,27-28H,12-17,20H2;1H/q+1;/p-1/t21?,27-,32?;/m0./s1. The van der Waals surface area contributed by atoms with E-state index >= 15 is 0 Å². The van der Waals surface area contributed by atoms with Crippen molar-refractivity contribution in [2.75, 3.05) is 32.8 Å². The molecule has 3 aliphatic rings. The number of ether oxygens (including phenoxy) is 3. The zero-order valence-corrected chi connectivity index (χ0v) is 22.0. The zero-order chi connectivity index (χ0) is 25.0. The maximum Gasteiger partial charge on any atom is 0.509 e. The van der Waals surface area contributed by atoms with Gasteiger partial charge in [0.05, 0.1) is 13.1 Å². The molecule has 3 aliphatic heterocycles. The predicted molar refractivity (Wildman–Crippen MR) is 130 cm³/mol. The van der Waals surface area contributed by atoms with Crippen LogP contribution in [0.5, 0.6) is 5.75 Å². The smallest absolute Gasteiger partial charge is 0.509 e. The number of hydrogen-bond acceptors (Lipinski definition) is 4. The number of quaternary nitrogens is 1. The summed E-state index contributed by atoms with van der Waals surface area (Å²) in [6, 6.07) is 21.3. The summed E-state index contributed by atoms with van der Waals surface area (Å²) in [5.41, 5.74) is 0.820. The van der Waals surface area contributed by atoms with E-state index < -0.39 is 23.9 Å². The third-order valence-corrected chi connectivity index (χ3v) is 7.38. The molecular weight excluding hydrogens is 544 g/mol. The molecule has 8 heteroatoms. The van der Waals surface area contributed by atoms with Crippen LogP contribution in [0.4, 0.5) is 13.6 Å². The number of carbonyl (C=O) groups is 1. The summed E-state index contributed by atoms with van der Waals surface area (Å²) in [6.45, 7) is 4.21. The maximum absolute atomic E-state index is 13.9. The lowest BCUT2D eigenvalue weighted by Gasteiger charge is -2.51. The summed E-state index contributed by atoms with van der Waals surface area (Å²) in [4.78, 5) is 13.0. The van der Waals surface area contributed by atoms with Gasteiger partial charge in [0.1, 0.15) is 37.1 Å². The molecule has 196 valence electrons. The molecule has 0 radical (unpaired) electrons. The van der Waals surface area contributed by atoms with E-state index in [9.17, 15) is 13.6 Å². The van der Waals surface area contributed by atoms with Crippen LogP contribution in [0.3, 0.4) is 0 Å². The van der Waals surface area contributed by atoms with E-state index in [1.807, 2.05) is 30.3 Å². The number of halogens is 3. The second kappa shape index (κ2) is 12.0. The van der Waals surface area contributed by atoms with Crippen molar-refractivity contribution in [2.24, 2.45) is 5.92 Å². The van der Waals surface area contributed by atoms with Crippen molar-refractivity contribution in [1.29, 1.82) is 0 Å². The molecule has 3 saturated heterocycles. The molecule has 3 fully saturated rings. The Morgan fingerprint density at radius 2 is 1.51 bits per heavy atom. The Morgan fingerprint density at radius 3 is 2.11 bits per heavy atom. The molecule has 5 nitrogen and oxygen atoms in total. The highest BCUT2D eigenvalue weighted by Gasteiger charge is 2.48. The van der Waals surface area contributed by atoms with Crippen molar-refractivity contribution in [2.45, 2.75) is 25.0 Å². The van der Waals surface area contributed by atoms with Crippen molar-refractivity contribution in [3.63, 3.8) is 0 Å². The highest BCUT2D eigenvalue weighted by atomic mass is 79.9. The summed E-state index contributed by atoms with van der Waals surface area (Å²) in [5.74, 6) is 0.203. The van der Waals surface area contributed by atoms with E-state index in [1.165, 1.54) is 36.4 Å². The SMILES string of the molecule is O=C(OC(c1cccc(F)c1)c1cccc(F)c1)O[C@H]1C[N+]2(CCOc3ccccc3)CCC1CC2.[Br-]. The Bertz CT molecular complexity index is 1140. The molecule has 0 aromatic heterocycles. The average Bonchev–Trinajstić information content (AvgIpc) is 2.88. The minimum Gasteiger partial charge on any atom is -1.00 e. The maximum atomic E-state index is 13.9. The predicted octanol–water partition coefficient (Wildman–Crippen LogP) is 2.90. The van der Waals surface area contributed by atoms with Gasteiger partial charge in [-0.1, -0.05) is 42.5 Å². The molecule has 0 saturated carbocycles. The highest BCUT2D eigenvalue weighted by Crippen LogP contribution is 2.36. The molecule has 0 spiro atoms. The minimum atomic E-state index is -0.979. The molecule has 3 heterocycles. The Balaban J connectivity index is 0.00000320. The second-order valence-electron chi connectivity index (χ2n) is 9.71. The van der Waals surface area contributed by atoms with Crippen LogP contribution in [0.1, 0.15) is 30.1 Å². The molecule has 37 heavy (non-hydrogen) atoms. The van der Waals surface area contributed by atoms with Gasteiger partial charge >= 0.3 is 6.16 Å². The fraction of sp³-hybridized carbons (Fsp3) is 0.345. The van der Waals surface area contributed by atoms with Crippen molar-refractivity contribution < 1.29 is 49.3 Å². The van der Waals surface area contributed by atoms with Crippen molar-refractivity contribution >= 4 is 6.16 Å². The lowest BCUT2D eigenvalue weighted by atomic mass is 9.83. The molecule has 1 atom stereocenters. The molecule has 6 rings (SSSR count). The first-order valence-electron chi connectivity index (χ1n) is 12.4. The molecule has 3 aromatic rings. The number of para-hydroxylation sites is 1. The summed E-state index contributed by atoms with van der Waals surface area (Å²) in [5, 5.41) is 0. The number of rotatable bonds is 8.